The van der Waals surface area contributed by atoms with Crippen LogP contribution in [-0.4, -0.2) is 24.4 Å². The lowest BCUT2D eigenvalue weighted by Gasteiger charge is -2.15. The predicted molar refractivity (Wildman–Crippen MR) is 62.9 cm³/mol. The van der Waals surface area contributed by atoms with Crippen molar-refractivity contribution in [3.05, 3.63) is 34.9 Å². The number of aryl methyl sites for hydroxylation is 2. The van der Waals surface area contributed by atoms with Gasteiger partial charge in [0.25, 0.3) is 0 Å². The van der Waals surface area contributed by atoms with E-state index in [1.54, 1.807) is 11.8 Å². The quantitative estimate of drug-likeness (QED) is 0.741. The third-order valence-electron chi connectivity index (χ3n) is 2.75. The van der Waals surface area contributed by atoms with Gasteiger partial charge in [-0.2, -0.15) is 0 Å². The van der Waals surface area contributed by atoms with Crippen molar-refractivity contribution in [2.24, 2.45) is 0 Å². The molecular weight excluding hydrogens is 186 g/mol. The van der Waals surface area contributed by atoms with E-state index < -0.39 is 0 Å². The van der Waals surface area contributed by atoms with E-state index in [2.05, 4.69) is 32.0 Å². The lowest BCUT2D eigenvalue weighted by molar-refractivity contribution is -0.127. The highest BCUT2D eigenvalue weighted by molar-refractivity contribution is 5.72. The molecule has 0 heterocycles. The van der Waals surface area contributed by atoms with Gasteiger partial charge in [-0.25, -0.2) is 0 Å². The molecule has 1 aromatic rings. The second-order valence-electron chi connectivity index (χ2n) is 4.12. The Morgan fingerprint density at radius 3 is 2.53 bits per heavy atom. The minimum Gasteiger partial charge on any atom is -0.346 e. The van der Waals surface area contributed by atoms with Gasteiger partial charge in [0, 0.05) is 20.5 Å². The van der Waals surface area contributed by atoms with Crippen LogP contribution < -0.4 is 0 Å². The monoisotopic (exact) mass is 205 g/mol. The van der Waals surface area contributed by atoms with Crippen LogP contribution in [0.15, 0.2) is 18.2 Å². The number of amides is 1. The molecule has 2 nitrogen and oxygen atoms in total. The highest BCUT2D eigenvalue weighted by Crippen LogP contribution is 2.11. The molecule has 0 atom stereocenters. The molecule has 0 saturated carbocycles. The topological polar surface area (TPSA) is 20.3 Å². The Hall–Kier alpha value is -1.31. The average Bonchev–Trinajstić information content (AvgIpc) is 2.15. The summed E-state index contributed by atoms with van der Waals surface area (Å²) >= 11 is 0. The first-order valence-electron chi connectivity index (χ1n) is 5.28. The van der Waals surface area contributed by atoms with Gasteiger partial charge in [0.15, 0.2) is 0 Å². The van der Waals surface area contributed by atoms with Gasteiger partial charge in [0.2, 0.25) is 5.91 Å². The van der Waals surface area contributed by atoms with Crippen molar-refractivity contribution in [2.75, 3.05) is 13.6 Å². The molecule has 0 aromatic heterocycles. The first-order valence-corrected chi connectivity index (χ1v) is 5.28. The molecule has 1 rings (SSSR count). The maximum atomic E-state index is 11.0. The molecule has 0 N–H and O–H groups in total. The van der Waals surface area contributed by atoms with Crippen molar-refractivity contribution in [3.8, 4) is 0 Å². The van der Waals surface area contributed by atoms with Crippen LogP contribution in [0.4, 0.5) is 0 Å². The summed E-state index contributed by atoms with van der Waals surface area (Å²) in [5.41, 5.74) is 3.93. The van der Waals surface area contributed by atoms with Crippen LogP contribution in [0.25, 0.3) is 0 Å². The fraction of sp³-hybridized carbons (Fsp3) is 0.462. The summed E-state index contributed by atoms with van der Waals surface area (Å²) in [6, 6.07) is 6.46. The number of nitrogens with zero attached hydrogens (tertiary/aromatic N) is 1. The lowest BCUT2D eigenvalue weighted by Crippen LogP contribution is -2.26. The van der Waals surface area contributed by atoms with Crippen LogP contribution >= 0.6 is 0 Å². The normalized spacial score (nSPS) is 10.1. The van der Waals surface area contributed by atoms with Gasteiger partial charge in [0.1, 0.15) is 0 Å². The highest BCUT2D eigenvalue weighted by Gasteiger charge is 2.03. The molecule has 0 aliphatic heterocycles. The first kappa shape index (κ1) is 11.8. The Morgan fingerprint density at radius 2 is 2.00 bits per heavy atom. The maximum Gasteiger partial charge on any atom is 0.219 e. The van der Waals surface area contributed by atoms with Crippen LogP contribution in [0.1, 0.15) is 23.6 Å². The van der Waals surface area contributed by atoms with E-state index in [0.29, 0.717) is 0 Å². The molecule has 0 fully saturated rings. The molecule has 0 aliphatic rings. The van der Waals surface area contributed by atoms with Crippen LogP contribution in [0.5, 0.6) is 0 Å². The molecule has 0 aliphatic carbocycles. The molecule has 0 saturated heterocycles. The van der Waals surface area contributed by atoms with Crippen molar-refractivity contribution in [3.63, 3.8) is 0 Å². The van der Waals surface area contributed by atoms with Crippen LogP contribution in [0.2, 0.25) is 0 Å². The molecule has 1 aromatic carbocycles. The van der Waals surface area contributed by atoms with Crippen molar-refractivity contribution >= 4 is 5.91 Å². The Morgan fingerprint density at radius 1 is 1.33 bits per heavy atom. The molecule has 0 unspecified atom stereocenters. The van der Waals surface area contributed by atoms with Gasteiger partial charge in [0.05, 0.1) is 0 Å². The van der Waals surface area contributed by atoms with Crippen LogP contribution in [0.3, 0.4) is 0 Å². The fourth-order valence-electron chi connectivity index (χ4n) is 1.57. The van der Waals surface area contributed by atoms with E-state index in [9.17, 15) is 4.79 Å². The van der Waals surface area contributed by atoms with Gasteiger partial charge in [-0.15, -0.1) is 0 Å². The van der Waals surface area contributed by atoms with Gasteiger partial charge in [-0.3, -0.25) is 4.79 Å². The molecular formula is C13H19NO. The summed E-state index contributed by atoms with van der Waals surface area (Å²) in [6.07, 6.45) is 0.933. The van der Waals surface area contributed by atoms with Gasteiger partial charge in [-0.05, 0) is 31.4 Å². The molecule has 82 valence electrons. The predicted octanol–water partition coefficient (Wildman–Crippen LogP) is 2.32. The Labute approximate surface area is 91.9 Å². The third-order valence-corrected chi connectivity index (χ3v) is 2.75. The minimum absolute atomic E-state index is 0.125. The van der Waals surface area contributed by atoms with Crippen molar-refractivity contribution in [2.45, 2.75) is 27.2 Å². The van der Waals surface area contributed by atoms with E-state index in [1.807, 2.05) is 7.05 Å². The van der Waals surface area contributed by atoms with E-state index in [0.717, 1.165) is 13.0 Å². The van der Waals surface area contributed by atoms with E-state index in [-0.39, 0.29) is 5.91 Å². The van der Waals surface area contributed by atoms with E-state index >= 15 is 0 Å². The van der Waals surface area contributed by atoms with Gasteiger partial charge < -0.3 is 4.90 Å². The standard InChI is InChI=1S/C13H19NO/c1-10-5-6-13(11(2)9-10)7-8-14(4)12(3)15/h5-6,9H,7-8H2,1-4H3. The number of likely N-dealkylation sites (N-methyl/N-ethyl adjacent to an activating group) is 1. The second-order valence-corrected chi connectivity index (χ2v) is 4.12. The largest absolute Gasteiger partial charge is 0.346 e. The molecule has 0 radical (unpaired) electrons. The molecule has 2 heteroatoms. The van der Waals surface area contributed by atoms with Crippen molar-refractivity contribution in [1.29, 1.82) is 0 Å². The van der Waals surface area contributed by atoms with Crippen molar-refractivity contribution in [1.82, 2.24) is 4.90 Å². The summed E-state index contributed by atoms with van der Waals surface area (Å²) < 4.78 is 0. The lowest BCUT2D eigenvalue weighted by atomic mass is 10.0. The highest BCUT2D eigenvalue weighted by atomic mass is 16.2. The molecule has 0 bridgehead atoms. The van der Waals surface area contributed by atoms with E-state index in [4.69, 9.17) is 0 Å². The summed E-state index contributed by atoms with van der Waals surface area (Å²) in [4.78, 5) is 12.8. The summed E-state index contributed by atoms with van der Waals surface area (Å²) in [5.74, 6) is 0.125. The van der Waals surface area contributed by atoms with Crippen molar-refractivity contribution < 1.29 is 4.79 Å². The van der Waals surface area contributed by atoms with Crippen LogP contribution in [0, 0.1) is 13.8 Å². The summed E-state index contributed by atoms with van der Waals surface area (Å²) in [7, 11) is 1.84. The summed E-state index contributed by atoms with van der Waals surface area (Å²) in [5, 5.41) is 0. The number of benzene rings is 1. The molecule has 1 amide bonds. The molecule has 15 heavy (non-hydrogen) atoms. The maximum absolute atomic E-state index is 11.0. The number of hydrogen-bond donors (Lipinski definition) is 0. The average molecular weight is 205 g/mol. The number of rotatable bonds is 3. The Kier molecular flexibility index (Phi) is 3.89. The Balaban J connectivity index is 2.62. The zero-order chi connectivity index (χ0) is 11.4. The third kappa shape index (κ3) is 3.39. The zero-order valence-corrected chi connectivity index (χ0v) is 10.0. The van der Waals surface area contributed by atoms with Gasteiger partial charge >= 0.3 is 0 Å². The number of hydrogen-bond acceptors (Lipinski definition) is 1. The number of carbonyl (C=O) groups excluding carboxylic acids is 1. The molecule has 0 spiro atoms. The van der Waals surface area contributed by atoms with Crippen LogP contribution in [-0.2, 0) is 11.2 Å². The second kappa shape index (κ2) is 4.96. The summed E-state index contributed by atoms with van der Waals surface area (Å²) in [6.45, 7) is 6.61. The fourth-order valence-corrected chi connectivity index (χ4v) is 1.57. The first-order chi connectivity index (χ1) is 7.00. The van der Waals surface area contributed by atoms with E-state index in [1.165, 1.54) is 16.7 Å². The SMILES string of the molecule is CC(=O)N(C)CCc1ccc(C)cc1C. The minimum atomic E-state index is 0.125. The number of carbonyl (C=O) groups is 1. The smallest absolute Gasteiger partial charge is 0.219 e. The zero-order valence-electron chi connectivity index (χ0n) is 10.0. The Bertz CT molecular complexity index is 358. The van der Waals surface area contributed by atoms with Gasteiger partial charge in [-0.1, -0.05) is 23.8 Å².